The number of halogens is 1. The zero-order chi connectivity index (χ0) is 23.5. The van der Waals surface area contributed by atoms with Crippen molar-refractivity contribution in [3.05, 3.63) is 107 Å². The third-order valence-corrected chi connectivity index (χ3v) is 5.56. The summed E-state index contributed by atoms with van der Waals surface area (Å²) in [4.78, 5) is 28.3. The van der Waals surface area contributed by atoms with Gasteiger partial charge < -0.3 is 10.2 Å². The molecule has 5 heteroatoms. The summed E-state index contributed by atoms with van der Waals surface area (Å²) in [5.41, 5.74) is 2.84. The van der Waals surface area contributed by atoms with Crippen molar-refractivity contribution in [2.24, 2.45) is 0 Å². The quantitative estimate of drug-likeness (QED) is 0.454. The van der Waals surface area contributed by atoms with E-state index in [9.17, 15) is 14.0 Å². The predicted molar refractivity (Wildman–Crippen MR) is 129 cm³/mol. The van der Waals surface area contributed by atoms with Gasteiger partial charge in [-0.05, 0) is 41.7 Å². The highest BCUT2D eigenvalue weighted by Crippen LogP contribution is 2.17. The lowest BCUT2D eigenvalue weighted by Gasteiger charge is -2.31. The molecule has 3 rings (SSSR count). The van der Waals surface area contributed by atoms with Gasteiger partial charge in [0.15, 0.2) is 0 Å². The van der Waals surface area contributed by atoms with Gasteiger partial charge in [-0.15, -0.1) is 0 Å². The van der Waals surface area contributed by atoms with Gasteiger partial charge in [-0.25, -0.2) is 4.39 Å². The molecule has 0 saturated heterocycles. The van der Waals surface area contributed by atoms with Crippen LogP contribution in [0, 0.1) is 5.82 Å². The normalized spacial score (nSPS) is 11.6. The van der Waals surface area contributed by atoms with E-state index >= 15 is 0 Å². The Bertz CT molecular complexity index is 1010. The molecule has 0 saturated carbocycles. The molecule has 0 aliphatic carbocycles. The predicted octanol–water partition coefficient (Wildman–Crippen LogP) is 4.92. The number of rotatable bonds is 11. The monoisotopic (exact) mass is 446 g/mol. The first-order valence-electron chi connectivity index (χ1n) is 11.5. The zero-order valence-electron chi connectivity index (χ0n) is 19.0. The van der Waals surface area contributed by atoms with E-state index in [-0.39, 0.29) is 30.6 Å². The average molecular weight is 447 g/mol. The highest BCUT2D eigenvalue weighted by atomic mass is 19.1. The Morgan fingerprint density at radius 1 is 0.848 bits per heavy atom. The minimum atomic E-state index is -0.660. The Morgan fingerprint density at radius 3 is 2.06 bits per heavy atom. The zero-order valence-corrected chi connectivity index (χ0v) is 19.0. The minimum absolute atomic E-state index is 0.101. The molecular formula is C28H31FN2O2. The van der Waals surface area contributed by atoms with E-state index in [1.807, 2.05) is 67.6 Å². The molecule has 0 spiro atoms. The van der Waals surface area contributed by atoms with E-state index in [2.05, 4.69) is 5.32 Å². The standard InChI is InChI=1S/C28H31FN2O2/c1-2-19-30-28(33)26(20-23-11-7-4-8-12-23)31(21-24-13-16-25(29)17-14-24)27(32)18-15-22-9-5-3-6-10-22/h3-14,16-17,26H,2,15,18-21H2,1H3,(H,30,33). The van der Waals surface area contributed by atoms with E-state index < -0.39 is 6.04 Å². The summed E-state index contributed by atoms with van der Waals surface area (Å²) in [5, 5.41) is 2.96. The Labute approximate surface area is 195 Å². The molecule has 4 nitrogen and oxygen atoms in total. The molecule has 0 fully saturated rings. The first-order chi connectivity index (χ1) is 16.1. The Hall–Kier alpha value is -3.47. The second-order valence-electron chi connectivity index (χ2n) is 8.13. The van der Waals surface area contributed by atoms with Gasteiger partial charge in [-0.1, -0.05) is 79.7 Å². The van der Waals surface area contributed by atoms with Crippen molar-refractivity contribution in [1.29, 1.82) is 0 Å². The van der Waals surface area contributed by atoms with E-state index in [1.165, 1.54) is 12.1 Å². The van der Waals surface area contributed by atoms with Crippen LogP contribution in [0.15, 0.2) is 84.9 Å². The number of hydrogen-bond donors (Lipinski definition) is 1. The SMILES string of the molecule is CCCNC(=O)C(Cc1ccccc1)N(Cc1ccc(F)cc1)C(=O)CCc1ccccc1. The Morgan fingerprint density at radius 2 is 1.45 bits per heavy atom. The largest absolute Gasteiger partial charge is 0.354 e. The van der Waals surface area contributed by atoms with Gasteiger partial charge in [0, 0.05) is 25.9 Å². The molecule has 0 aliphatic heterocycles. The van der Waals surface area contributed by atoms with Gasteiger partial charge in [0.1, 0.15) is 11.9 Å². The third kappa shape index (κ3) is 7.56. The van der Waals surface area contributed by atoms with Crippen LogP contribution in [0.25, 0.3) is 0 Å². The maximum Gasteiger partial charge on any atom is 0.243 e. The van der Waals surface area contributed by atoms with Crippen LogP contribution in [0.5, 0.6) is 0 Å². The molecule has 33 heavy (non-hydrogen) atoms. The molecule has 3 aromatic rings. The molecule has 0 heterocycles. The summed E-state index contributed by atoms with van der Waals surface area (Å²) in [6.07, 6.45) is 2.10. The maximum atomic E-state index is 13.5. The molecular weight excluding hydrogens is 415 g/mol. The number of carbonyl (C=O) groups is 2. The molecule has 1 unspecified atom stereocenters. The fraction of sp³-hybridized carbons (Fsp3) is 0.286. The van der Waals surface area contributed by atoms with E-state index in [4.69, 9.17) is 0 Å². The van der Waals surface area contributed by atoms with Crippen LogP contribution in [-0.4, -0.2) is 29.3 Å². The summed E-state index contributed by atoms with van der Waals surface area (Å²) >= 11 is 0. The number of nitrogens with zero attached hydrogens (tertiary/aromatic N) is 1. The molecule has 172 valence electrons. The fourth-order valence-corrected chi connectivity index (χ4v) is 3.75. The first kappa shape index (κ1) is 24.2. The smallest absolute Gasteiger partial charge is 0.243 e. The van der Waals surface area contributed by atoms with Crippen LogP contribution >= 0.6 is 0 Å². The Balaban J connectivity index is 1.87. The maximum absolute atomic E-state index is 13.5. The summed E-state index contributed by atoms with van der Waals surface area (Å²) in [6.45, 7) is 2.78. The molecule has 0 aliphatic rings. The van der Waals surface area contributed by atoms with E-state index in [0.29, 0.717) is 19.4 Å². The summed E-state index contributed by atoms with van der Waals surface area (Å²) in [7, 11) is 0. The van der Waals surface area contributed by atoms with Crippen molar-refractivity contribution < 1.29 is 14.0 Å². The van der Waals surface area contributed by atoms with Crippen LogP contribution in [-0.2, 0) is 29.0 Å². The minimum Gasteiger partial charge on any atom is -0.354 e. The van der Waals surface area contributed by atoms with Crippen molar-refractivity contribution in [2.75, 3.05) is 6.54 Å². The van der Waals surface area contributed by atoms with Gasteiger partial charge in [0.25, 0.3) is 0 Å². The number of aryl methyl sites for hydroxylation is 1. The second kappa shape index (κ2) is 12.5. The second-order valence-corrected chi connectivity index (χ2v) is 8.13. The van der Waals surface area contributed by atoms with Crippen molar-refractivity contribution in [1.82, 2.24) is 10.2 Å². The van der Waals surface area contributed by atoms with Gasteiger partial charge in [-0.3, -0.25) is 9.59 Å². The molecule has 1 atom stereocenters. The summed E-state index contributed by atoms with van der Waals surface area (Å²) in [5.74, 6) is -0.603. The molecule has 0 radical (unpaired) electrons. The van der Waals surface area contributed by atoms with Crippen LogP contribution in [0.4, 0.5) is 4.39 Å². The molecule has 0 aromatic heterocycles. The van der Waals surface area contributed by atoms with Gasteiger partial charge in [0.2, 0.25) is 11.8 Å². The lowest BCUT2D eigenvalue weighted by atomic mass is 10.0. The summed E-state index contributed by atoms with van der Waals surface area (Å²) in [6, 6.07) is 25.0. The van der Waals surface area contributed by atoms with Crippen molar-refractivity contribution in [3.8, 4) is 0 Å². The van der Waals surface area contributed by atoms with Crippen LogP contribution < -0.4 is 5.32 Å². The van der Waals surface area contributed by atoms with Crippen LogP contribution in [0.3, 0.4) is 0 Å². The highest BCUT2D eigenvalue weighted by molar-refractivity contribution is 5.88. The number of hydrogen-bond acceptors (Lipinski definition) is 2. The lowest BCUT2D eigenvalue weighted by Crippen LogP contribution is -2.50. The fourth-order valence-electron chi connectivity index (χ4n) is 3.75. The first-order valence-corrected chi connectivity index (χ1v) is 11.5. The van der Waals surface area contributed by atoms with Crippen LogP contribution in [0.1, 0.15) is 36.5 Å². The van der Waals surface area contributed by atoms with Gasteiger partial charge in [0.05, 0.1) is 0 Å². The molecule has 3 aromatic carbocycles. The van der Waals surface area contributed by atoms with Crippen molar-refractivity contribution in [3.63, 3.8) is 0 Å². The number of nitrogens with one attached hydrogen (secondary N) is 1. The van der Waals surface area contributed by atoms with Gasteiger partial charge >= 0.3 is 0 Å². The molecule has 1 N–H and O–H groups in total. The van der Waals surface area contributed by atoms with Crippen molar-refractivity contribution >= 4 is 11.8 Å². The topological polar surface area (TPSA) is 49.4 Å². The number of amides is 2. The van der Waals surface area contributed by atoms with Crippen LogP contribution in [0.2, 0.25) is 0 Å². The average Bonchev–Trinajstić information content (AvgIpc) is 2.85. The number of carbonyl (C=O) groups excluding carboxylic acids is 2. The van der Waals surface area contributed by atoms with Gasteiger partial charge in [-0.2, -0.15) is 0 Å². The number of benzene rings is 3. The van der Waals surface area contributed by atoms with E-state index in [1.54, 1.807) is 17.0 Å². The molecule has 0 bridgehead atoms. The third-order valence-electron chi connectivity index (χ3n) is 5.56. The Kier molecular flexibility index (Phi) is 9.19. The molecule has 2 amide bonds. The summed E-state index contributed by atoms with van der Waals surface area (Å²) < 4.78 is 13.5. The van der Waals surface area contributed by atoms with E-state index in [0.717, 1.165) is 23.1 Å². The van der Waals surface area contributed by atoms with Crippen molar-refractivity contribution in [2.45, 2.75) is 45.2 Å². The highest BCUT2D eigenvalue weighted by Gasteiger charge is 2.30. The lowest BCUT2D eigenvalue weighted by molar-refractivity contribution is -0.141.